The number of aliphatic hydroxyl groups is 1. The van der Waals surface area contributed by atoms with Crippen LogP contribution in [0.3, 0.4) is 0 Å². The Kier molecular flexibility index (Phi) is 6.02. The molecule has 8 heteroatoms. The number of hydrogen-bond donors (Lipinski definition) is 2. The smallest absolute Gasteiger partial charge is 0.260 e. The van der Waals surface area contributed by atoms with E-state index in [1.165, 1.54) is 0 Å². The first-order valence-electron chi connectivity index (χ1n) is 5.13. The van der Waals surface area contributed by atoms with Crippen LogP contribution in [0.15, 0.2) is 18.2 Å². The maximum atomic E-state index is 11.4. The van der Waals surface area contributed by atoms with E-state index >= 15 is 0 Å². The lowest BCUT2D eigenvalue weighted by Crippen LogP contribution is -2.45. The molecule has 2 N–H and O–H groups in total. The van der Waals surface area contributed by atoms with Crippen LogP contribution >= 0.6 is 46.4 Å². The van der Waals surface area contributed by atoms with Crippen molar-refractivity contribution in [2.24, 2.45) is 0 Å². The molecule has 1 atom stereocenters. The summed E-state index contributed by atoms with van der Waals surface area (Å²) < 4.78 is 3.21. The first kappa shape index (κ1) is 16.7. The van der Waals surface area contributed by atoms with Gasteiger partial charge in [-0.15, -0.1) is 0 Å². The second kappa shape index (κ2) is 6.86. The second-order valence-corrected chi connectivity index (χ2v) is 6.49. The molecule has 1 aromatic rings. The number of halogens is 4. The number of amides is 1. The summed E-state index contributed by atoms with van der Waals surface area (Å²) in [5.41, 5.74) is 0.820. The summed E-state index contributed by atoms with van der Waals surface area (Å²) >= 11 is 22.0. The Hall–Kier alpha value is -0.390. The molecule has 0 fully saturated rings. The van der Waals surface area contributed by atoms with E-state index in [1.54, 1.807) is 18.2 Å². The molecule has 0 aliphatic rings. The Morgan fingerprint density at radius 1 is 1.47 bits per heavy atom. The molecule has 1 aromatic carbocycles. The fourth-order valence-corrected chi connectivity index (χ4v) is 1.41. The molecule has 0 aliphatic carbocycles. The predicted molar refractivity (Wildman–Crippen MR) is 76.1 cm³/mol. The number of nitrogens with one attached hydrogen (secondary N) is 1. The van der Waals surface area contributed by atoms with Crippen LogP contribution in [0.5, 0.6) is 5.75 Å². The minimum absolute atomic E-state index is 0.321. The average molecular weight is 347 g/mol. The van der Waals surface area contributed by atoms with Crippen LogP contribution in [0.4, 0.5) is 0 Å². The molecule has 0 bridgehead atoms. The third-order valence-corrected chi connectivity index (χ3v) is 3.15. The topological polar surface area (TPSA) is 58.6 Å². The number of ether oxygens (including phenoxy) is 1. The number of carbonyl (C=O) groups is 1. The summed E-state index contributed by atoms with van der Waals surface area (Å²) in [6.07, 6.45) is -1.61. The van der Waals surface area contributed by atoms with Crippen LogP contribution < -0.4 is 10.1 Å². The first-order valence-corrected chi connectivity index (χ1v) is 6.64. The molecule has 0 aromatic heterocycles. The summed E-state index contributed by atoms with van der Waals surface area (Å²) in [6, 6.07) is 4.95. The van der Waals surface area contributed by atoms with Gasteiger partial charge in [0, 0.05) is 5.02 Å². The average Bonchev–Trinajstić information content (AvgIpc) is 2.29. The van der Waals surface area contributed by atoms with Gasteiger partial charge >= 0.3 is 0 Å². The molecule has 106 valence electrons. The molecular formula is C11H11Cl4NO3. The lowest BCUT2D eigenvalue weighted by Gasteiger charge is -2.19. The van der Waals surface area contributed by atoms with Crippen LogP contribution in [0, 0.1) is 6.92 Å². The van der Waals surface area contributed by atoms with Gasteiger partial charge in [-0.1, -0.05) is 46.4 Å². The summed E-state index contributed by atoms with van der Waals surface area (Å²) in [6.45, 7) is 1.49. The Morgan fingerprint density at radius 3 is 2.63 bits per heavy atom. The number of aliphatic hydroxyl groups excluding tert-OH is 1. The van der Waals surface area contributed by atoms with Crippen molar-refractivity contribution in [2.45, 2.75) is 16.9 Å². The Balaban J connectivity index is 2.48. The third-order valence-electron chi connectivity index (χ3n) is 2.11. The van der Waals surface area contributed by atoms with Gasteiger partial charge in [0.15, 0.2) is 12.8 Å². The summed E-state index contributed by atoms with van der Waals surface area (Å²) in [5.74, 6) is -0.146. The highest BCUT2D eigenvalue weighted by Gasteiger charge is 2.32. The number of carbonyl (C=O) groups excluding carboxylic acids is 1. The third kappa shape index (κ3) is 5.63. The number of aryl methyl sites for hydroxylation is 1. The van der Waals surface area contributed by atoms with Crippen molar-refractivity contribution in [1.82, 2.24) is 5.32 Å². The van der Waals surface area contributed by atoms with Crippen LogP contribution in [0.2, 0.25) is 5.02 Å². The van der Waals surface area contributed by atoms with E-state index < -0.39 is 15.9 Å². The fraction of sp³-hybridized carbons (Fsp3) is 0.364. The van der Waals surface area contributed by atoms with Crippen LogP contribution in [-0.2, 0) is 4.79 Å². The highest BCUT2D eigenvalue weighted by atomic mass is 35.6. The minimum atomic E-state index is -1.99. The van der Waals surface area contributed by atoms with E-state index in [0.717, 1.165) is 5.56 Å². The molecule has 1 rings (SSSR count). The minimum Gasteiger partial charge on any atom is -0.484 e. The number of hydrogen-bond acceptors (Lipinski definition) is 3. The van der Waals surface area contributed by atoms with E-state index in [1.807, 2.05) is 6.92 Å². The van der Waals surface area contributed by atoms with Crippen molar-refractivity contribution in [3.8, 4) is 5.75 Å². The Bertz CT molecular complexity index is 462. The van der Waals surface area contributed by atoms with Crippen molar-refractivity contribution < 1.29 is 14.6 Å². The first-order chi connectivity index (χ1) is 8.70. The zero-order chi connectivity index (χ0) is 14.6. The van der Waals surface area contributed by atoms with Gasteiger partial charge in [-0.25, -0.2) is 0 Å². The summed E-state index contributed by atoms with van der Waals surface area (Å²) in [4.78, 5) is 11.4. The second-order valence-electron chi connectivity index (χ2n) is 3.71. The molecule has 0 heterocycles. The van der Waals surface area contributed by atoms with E-state index in [-0.39, 0.29) is 6.61 Å². The zero-order valence-electron chi connectivity index (χ0n) is 9.79. The molecule has 0 saturated heterocycles. The van der Waals surface area contributed by atoms with E-state index in [4.69, 9.17) is 51.1 Å². The normalized spacial score (nSPS) is 12.9. The van der Waals surface area contributed by atoms with Gasteiger partial charge in [-0.05, 0) is 30.7 Å². The summed E-state index contributed by atoms with van der Waals surface area (Å²) in [5, 5.41) is 12.0. The molecule has 1 unspecified atom stereocenters. The molecule has 1 amide bonds. The number of benzene rings is 1. The largest absolute Gasteiger partial charge is 0.484 e. The molecule has 4 nitrogen and oxygen atoms in total. The maximum absolute atomic E-state index is 11.4. The molecule has 0 saturated carbocycles. The van der Waals surface area contributed by atoms with Gasteiger partial charge < -0.3 is 15.2 Å². The molecule has 19 heavy (non-hydrogen) atoms. The van der Waals surface area contributed by atoms with Gasteiger partial charge in [0.05, 0.1) is 0 Å². The molecule has 0 aliphatic heterocycles. The van der Waals surface area contributed by atoms with E-state index in [9.17, 15) is 9.90 Å². The highest BCUT2D eigenvalue weighted by Crippen LogP contribution is 2.28. The quantitative estimate of drug-likeness (QED) is 0.651. The van der Waals surface area contributed by atoms with Crippen LogP contribution in [-0.4, -0.2) is 27.6 Å². The van der Waals surface area contributed by atoms with Gasteiger partial charge in [0.1, 0.15) is 5.75 Å². The lowest BCUT2D eigenvalue weighted by molar-refractivity contribution is -0.126. The molecular weight excluding hydrogens is 336 g/mol. The SMILES string of the molecule is Cc1cc(OCC(=O)NC(O)C(Cl)(Cl)Cl)ccc1Cl. The molecule has 0 spiro atoms. The highest BCUT2D eigenvalue weighted by molar-refractivity contribution is 6.68. The predicted octanol–water partition coefficient (Wildman–Crippen LogP) is 2.83. The van der Waals surface area contributed by atoms with Crippen molar-refractivity contribution >= 4 is 52.3 Å². The van der Waals surface area contributed by atoms with Gasteiger partial charge in [-0.2, -0.15) is 0 Å². The monoisotopic (exact) mass is 345 g/mol. The van der Waals surface area contributed by atoms with Gasteiger partial charge in [0.2, 0.25) is 3.79 Å². The van der Waals surface area contributed by atoms with Gasteiger partial charge in [0.25, 0.3) is 5.91 Å². The van der Waals surface area contributed by atoms with E-state index in [2.05, 4.69) is 5.32 Å². The van der Waals surface area contributed by atoms with Crippen LogP contribution in [0.1, 0.15) is 5.56 Å². The Morgan fingerprint density at radius 2 is 2.11 bits per heavy atom. The maximum Gasteiger partial charge on any atom is 0.260 e. The van der Waals surface area contributed by atoms with Crippen molar-refractivity contribution in [2.75, 3.05) is 6.61 Å². The zero-order valence-corrected chi connectivity index (χ0v) is 12.8. The van der Waals surface area contributed by atoms with Gasteiger partial charge in [-0.3, -0.25) is 4.79 Å². The summed E-state index contributed by atoms with van der Waals surface area (Å²) in [7, 11) is 0. The Labute approximate surface area is 130 Å². The van der Waals surface area contributed by atoms with Crippen molar-refractivity contribution in [1.29, 1.82) is 0 Å². The number of alkyl halides is 3. The molecule has 0 radical (unpaired) electrons. The fourth-order valence-electron chi connectivity index (χ4n) is 1.13. The number of rotatable bonds is 4. The lowest BCUT2D eigenvalue weighted by atomic mass is 10.2. The van der Waals surface area contributed by atoms with Crippen molar-refractivity contribution in [3.05, 3.63) is 28.8 Å². The van der Waals surface area contributed by atoms with E-state index in [0.29, 0.717) is 10.8 Å². The standard InChI is InChI=1S/C11H11Cl4NO3/c1-6-4-7(2-3-8(6)12)19-5-9(17)16-10(18)11(13,14)15/h2-4,10,18H,5H2,1H3,(H,16,17). The van der Waals surface area contributed by atoms with Crippen LogP contribution in [0.25, 0.3) is 0 Å². The van der Waals surface area contributed by atoms with Crippen molar-refractivity contribution in [3.63, 3.8) is 0 Å².